The van der Waals surface area contributed by atoms with Crippen molar-refractivity contribution in [3.05, 3.63) is 34.1 Å². The van der Waals surface area contributed by atoms with Crippen LogP contribution in [0.2, 0.25) is 0 Å². The molecule has 1 aromatic rings. The number of hydrogen-bond acceptors (Lipinski definition) is 3. The lowest BCUT2D eigenvalue weighted by Gasteiger charge is -2.09. The topological polar surface area (TPSA) is 46.2 Å². The van der Waals surface area contributed by atoms with Gasteiger partial charge in [-0.2, -0.15) is 0 Å². The van der Waals surface area contributed by atoms with Crippen molar-refractivity contribution < 1.29 is 12.8 Å². The summed E-state index contributed by atoms with van der Waals surface area (Å²) >= 11 is 3.14. The van der Waals surface area contributed by atoms with Crippen molar-refractivity contribution in [3.8, 4) is 0 Å². The molecule has 1 heterocycles. The normalized spacial score (nSPS) is 22.2. The van der Waals surface area contributed by atoms with Gasteiger partial charge in [-0.1, -0.05) is 6.07 Å². The minimum Gasteiger partial charge on any atom is -0.312 e. The molecule has 1 aliphatic rings. The summed E-state index contributed by atoms with van der Waals surface area (Å²) in [6.07, 6.45) is 0.739. The number of halogens is 2. The first-order chi connectivity index (χ1) is 8.46. The molecule has 3 nitrogen and oxygen atoms in total. The molecule has 18 heavy (non-hydrogen) atoms. The van der Waals surface area contributed by atoms with Crippen molar-refractivity contribution in [3.63, 3.8) is 0 Å². The highest BCUT2D eigenvalue weighted by Gasteiger charge is 2.27. The summed E-state index contributed by atoms with van der Waals surface area (Å²) in [4.78, 5) is 0. The highest BCUT2D eigenvalue weighted by Crippen LogP contribution is 2.18. The molecule has 6 heteroatoms. The van der Waals surface area contributed by atoms with Crippen molar-refractivity contribution >= 4 is 25.8 Å². The summed E-state index contributed by atoms with van der Waals surface area (Å²) in [5.74, 6) is 0.522. The fourth-order valence-electron chi connectivity index (χ4n) is 2.10. The van der Waals surface area contributed by atoms with E-state index in [1.807, 2.05) is 0 Å². The smallest absolute Gasteiger partial charge is 0.150 e. The Kier molecular flexibility index (Phi) is 4.40. The Morgan fingerprint density at radius 3 is 2.83 bits per heavy atom. The Hall–Kier alpha value is -0.460. The maximum Gasteiger partial charge on any atom is 0.150 e. The van der Waals surface area contributed by atoms with E-state index in [0.29, 0.717) is 23.3 Å². The average Bonchev–Trinajstić information content (AvgIpc) is 2.63. The zero-order valence-electron chi connectivity index (χ0n) is 9.83. The maximum atomic E-state index is 13.0. The van der Waals surface area contributed by atoms with Crippen LogP contribution in [-0.4, -0.2) is 26.5 Å². The van der Waals surface area contributed by atoms with E-state index in [9.17, 15) is 12.8 Å². The van der Waals surface area contributed by atoms with E-state index in [1.54, 1.807) is 12.1 Å². The van der Waals surface area contributed by atoms with Gasteiger partial charge in [-0.05, 0) is 52.5 Å². The summed E-state index contributed by atoms with van der Waals surface area (Å²) in [7, 11) is -2.80. The third-order valence-corrected chi connectivity index (χ3v) is 5.52. The average molecular weight is 336 g/mol. The van der Waals surface area contributed by atoms with E-state index in [0.717, 1.165) is 12.0 Å². The second-order valence-electron chi connectivity index (χ2n) is 4.65. The summed E-state index contributed by atoms with van der Waals surface area (Å²) in [5.41, 5.74) is 0.976. The van der Waals surface area contributed by atoms with Crippen LogP contribution in [0.1, 0.15) is 12.0 Å². The van der Waals surface area contributed by atoms with Gasteiger partial charge in [0.2, 0.25) is 0 Å². The molecule has 0 bridgehead atoms. The van der Waals surface area contributed by atoms with Gasteiger partial charge in [0, 0.05) is 6.54 Å². The van der Waals surface area contributed by atoms with Crippen LogP contribution in [0.4, 0.5) is 4.39 Å². The van der Waals surface area contributed by atoms with Crippen molar-refractivity contribution in [2.75, 3.05) is 18.1 Å². The van der Waals surface area contributed by atoms with E-state index in [-0.39, 0.29) is 17.5 Å². The largest absolute Gasteiger partial charge is 0.312 e. The van der Waals surface area contributed by atoms with Gasteiger partial charge in [-0.15, -0.1) is 0 Å². The predicted octanol–water partition coefficient (Wildman–Crippen LogP) is 2.11. The van der Waals surface area contributed by atoms with Crippen LogP contribution in [0.25, 0.3) is 0 Å². The van der Waals surface area contributed by atoms with E-state index in [4.69, 9.17) is 0 Å². The molecule has 0 saturated carbocycles. The fraction of sp³-hybridized carbons (Fsp3) is 0.500. The standard InChI is InChI=1S/C12H15BrFNO2S/c13-11-5-9(1-2-12(11)14)6-15-7-10-3-4-18(16,17)8-10/h1-2,5,10,15H,3-4,6-8H2. The zero-order valence-corrected chi connectivity index (χ0v) is 12.2. The van der Waals surface area contributed by atoms with E-state index < -0.39 is 9.84 Å². The Bertz CT molecular complexity index is 533. The molecular formula is C12H15BrFNO2S. The lowest BCUT2D eigenvalue weighted by atomic mass is 10.1. The van der Waals surface area contributed by atoms with E-state index in [2.05, 4.69) is 21.2 Å². The first-order valence-electron chi connectivity index (χ1n) is 5.81. The van der Waals surface area contributed by atoms with Gasteiger partial charge in [0.15, 0.2) is 9.84 Å². The lowest BCUT2D eigenvalue weighted by Crippen LogP contribution is -2.23. The van der Waals surface area contributed by atoms with Crippen LogP contribution in [-0.2, 0) is 16.4 Å². The molecule has 1 unspecified atom stereocenters. The molecule has 2 rings (SSSR count). The van der Waals surface area contributed by atoms with Crippen LogP contribution in [0.15, 0.2) is 22.7 Å². The van der Waals surface area contributed by atoms with Gasteiger partial charge in [0.1, 0.15) is 5.82 Å². The molecule has 1 atom stereocenters. The van der Waals surface area contributed by atoms with Gasteiger partial charge in [0.05, 0.1) is 16.0 Å². The SMILES string of the molecule is O=S1(=O)CCC(CNCc2ccc(F)c(Br)c2)C1. The molecule has 0 radical (unpaired) electrons. The predicted molar refractivity (Wildman–Crippen MR) is 72.6 cm³/mol. The minimum atomic E-state index is -2.80. The first kappa shape index (κ1) is 14.0. The minimum absolute atomic E-state index is 0.207. The second-order valence-corrected chi connectivity index (χ2v) is 7.73. The highest BCUT2D eigenvalue weighted by atomic mass is 79.9. The molecule has 0 aromatic heterocycles. The van der Waals surface area contributed by atoms with Crippen molar-refractivity contribution in [2.24, 2.45) is 5.92 Å². The molecule has 1 saturated heterocycles. The zero-order chi connectivity index (χ0) is 13.2. The molecule has 1 aliphatic heterocycles. The molecular weight excluding hydrogens is 321 g/mol. The van der Waals surface area contributed by atoms with Gasteiger partial charge >= 0.3 is 0 Å². The Labute approximate surface area is 115 Å². The summed E-state index contributed by atoms with van der Waals surface area (Å²) in [5, 5.41) is 3.22. The van der Waals surface area contributed by atoms with Crippen LogP contribution in [0.3, 0.4) is 0 Å². The molecule has 0 amide bonds. The van der Waals surface area contributed by atoms with Gasteiger partial charge in [0.25, 0.3) is 0 Å². The third-order valence-electron chi connectivity index (χ3n) is 3.07. The lowest BCUT2D eigenvalue weighted by molar-refractivity contribution is 0.520. The summed E-state index contributed by atoms with van der Waals surface area (Å²) < 4.78 is 36.0. The molecule has 1 N–H and O–H groups in total. The summed E-state index contributed by atoms with van der Waals surface area (Å²) in [6, 6.07) is 4.87. The van der Waals surface area contributed by atoms with Crippen LogP contribution in [0, 0.1) is 11.7 Å². The number of benzene rings is 1. The molecule has 100 valence electrons. The van der Waals surface area contributed by atoms with E-state index in [1.165, 1.54) is 6.07 Å². The van der Waals surface area contributed by atoms with Crippen molar-refractivity contribution in [2.45, 2.75) is 13.0 Å². The highest BCUT2D eigenvalue weighted by molar-refractivity contribution is 9.10. The summed E-state index contributed by atoms with van der Waals surface area (Å²) in [6.45, 7) is 1.31. The third kappa shape index (κ3) is 3.76. The van der Waals surface area contributed by atoms with Crippen LogP contribution >= 0.6 is 15.9 Å². The molecule has 0 spiro atoms. The van der Waals surface area contributed by atoms with Crippen molar-refractivity contribution in [1.29, 1.82) is 0 Å². The van der Waals surface area contributed by atoms with Gasteiger partial charge < -0.3 is 5.32 Å². The number of hydrogen-bond donors (Lipinski definition) is 1. The quantitative estimate of drug-likeness (QED) is 0.916. The van der Waals surface area contributed by atoms with Crippen LogP contribution < -0.4 is 5.32 Å². The second kappa shape index (κ2) is 5.67. The number of rotatable bonds is 4. The number of nitrogens with one attached hydrogen (secondary N) is 1. The Balaban J connectivity index is 1.80. The molecule has 1 fully saturated rings. The first-order valence-corrected chi connectivity index (χ1v) is 8.43. The molecule has 0 aliphatic carbocycles. The Morgan fingerprint density at radius 2 is 2.22 bits per heavy atom. The fourth-order valence-corrected chi connectivity index (χ4v) is 4.39. The molecule has 1 aromatic carbocycles. The van der Waals surface area contributed by atoms with Crippen LogP contribution in [0.5, 0.6) is 0 Å². The van der Waals surface area contributed by atoms with Gasteiger partial charge in [-0.3, -0.25) is 0 Å². The number of sulfone groups is 1. The van der Waals surface area contributed by atoms with Crippen molar-refractivity contribution in [1.82, 2.24) is 5.32 Å². The maximum absolute atomic E-state index is 13.0. The van der Waals surface area contributed by atoms with Gasteiger partial charge in [-0.25, -0.2) is 12.8 Å². The van der Waals surface area contributed by atoms with E-state index >= 15 is 0 Å². The monoisotopic (exact) mass is 335 g/mol. The Morgan fingerprint density at radius 1 is 1.44 bits per heavy atom.